The number of carboxylic acid groups (broad SMARTS) is 1. The van der Waals surface area contributed by atoms with Gasteiger partial charge in [-0.2, -0.15) is 0 Å². The lowest BCUT2D eigenvalue weighted by Crippen LogP contribution is -2.49. The Labute approximate surface area is 117 Å². The highest BCUT2D eigenvalue weighted by molar-refractivity contribution is 5.88. The SMILES string of the molecule is CC(=O)N[C@H](C(=O)O)[C@@H](C)C(C)C(=O)[C@@H]1C[C@@H](O)CN1. The zero-order chi connectivity index (χ0) is 15.4. The number of carbonyl (C=O) groups is 3. The first-order valence-corrected chi connectivity index (χ1v) is 6.69. The predicted molar refractivity (Wildman–Crippen MR) is 71.0 cm³/mol. The van der Waals surface area contributed by atoms with Crippen molar-refractivity contribution in [1.29, 1.82) is 0 Å². The smallest absolute Gasteiger partial charge is 0.326 e. The molecule has 1 heterocycles. The van der Waals surface area contributed by atoms with Crippen LogP contribution >= 0.6 is 0 Å². The summed E-state index contributed by atoms with van der Waals surface area (Å²) >= 11 is 0. The van der Waals surface area contributed by atoms with Crippen LogP contribution in [0.15, 0.2) is 0 Å². The molecule has 20 heavy (non-hydrogen) atoms. The van der Waals surface area contributed by atoms with Crippen molar-refractivity contribution in [3.8, 4) is 0 Å². The Balaban J connectivity index is 2.72. The Kier molecular flexibility index (Phi) is 5.64. The van der Waals surface area contributed by atoms with E-state index >= 15 is 0 Å². The summed E-state index contributed by atoms with van der Waals surface area (Å²) in [5.41, 5.74) is 0. The number of rotatable bonds is 6. The monoisotopic (exact) mass is 286 g/mol. The summed E-state index contributed by atoms with van der Waals surface area (Å²) in [6.07, 6.45) is -0.203. The van der Waals surface area contributed by atoms with Gasteiger partial charge in [-0.1, -0.05) is 13.8 Å². The number of aliphatic carboxylic acids is 1. The second kappa shape index (κ2) is 6.81. The van der Waals surface area contributed by atoms with Gasteiger partial charge >= 0.3 is 5.97 Å². The largest absolute Gasteiger partial charge is 0.480 e. The Morgan fingerprint density at radius 1 is 1.30 bits per heavy atom. The average Bonchev–Trinajstić information content (AvgIpc) is 2.79. The van der Waals surface area contributed by atoms with E-state index < -0.39 is 41.9 Å². The van der Waals surface area contributed by atoms with Gasteiger partial charge < -0.3 is 20.8 Å². The molecule has 1 saturated heterocycles. The summed E-state index contributed by atoms with van der Waals surface area (Å²) in [5.74, 6) is -2.81. The van der Waals surface area contributed by atoms with Crippen molar-refractivity contribution < 1.29 is 24.6 Å². The number of hydrogen-bond acceptors (Lipinski definition) is 5. The Hall–Kier alpha value is -1.47. The minimum Gasteiger partial charge on any atom is -0.480 e. The van der Waals surface area contributed by atoms with Gasteiger partial charge in [0.1, 0.15) is 6.04 Å². The number of ketones is 1. The van der Waals surface area contributed by atoms with Crippen molar-refractivity contribution in [2.45, 2.75) is 45.4 Å². The molecular formula is C13H22N2O5. The Bertz CT molecular complexity index is 398. The molecular weight excluding hydrogens is 264 g/mol. The van der Waals surface area contributed by atoms with Crippen LogP contribution < -0.4 is 10.6 Å². The average molecular weight is 286 g/mol. The maximum atomic E-state index is 12.3. The first kappa shape index (κ1) is 16.6. The quantitative estimate of drug-likeness (QED) is 0.505. The van der Waals surface area contributed by atoms with Gasteiger partial charge in [-0.05, 0) is 12.3 Å². The molecule has 0 aliphatic carbocycles. The summed E-state index contributed by atoms with van der Waals surface area (Å²) < 4.78 is 0. The van der Waals surface area contributed by atoms with Gasteiger partial charge in [0, 0.05) is 19.4 Å². The van der Waals surface area contributed by atoms with E-state index in [0.717, 1.165) is 0 Å². The minimum atomic E-state index is -1.16. The van der Waals surface area contributed by atoms with E-state index in [4.69, 9.17) is 5.11 Å². The van der Waals surface area contributed by atoms with Gasteiger partial charge in [0.05, 0.1) is 12.1 Å². The molecule has 0 aromatic heterocycles. The third kappa shape index (κ3) is 4.01. The molecule has 0 spiro atoms. The molecule has 4 N–H and O–H groups in total. The molecule has 0 aromatic carbocycles. The lowest BCUT2D eigenvalue weighted by Gasteiger charge is -2.27. The van der Waals surface area contributed by atoms with E-state index in [1.807, 2.05) is 0 Å². The van der Waals surface area contributed by atoms with Crippen LogP contribution in [0.1, 0.15) is 27.2 Å². The molecule has 7 heteroatoms. The second-order valence-corrected chi connectivity index (χ2v) is 5.42. The molecule has 0 radical (unpaired) electrons. The van der Waals surface area contributed by atoms with Gasteiger partial charge in [-0.15, -0.1) is 0 Å². The molecule has 1 fully saturated rings. The number of amides is 1. The number of carboxylic acids is 1. The van der Waals surface area contributed by atoms with Crippen LogP contribution in [0, 0.1) is 11.8 Å². The van der Waals surface area contributed by atoms with Crippen molar-refractivity contribution in [3.05, 3.63) is 0 Å². The van der Waals surface area contributed by atoms with Crippen LogP contribution in [0.3, 0.4) is 0 Å². The van der Waals surface area contributed by atoms with Crippen molar-refractivity contribution in [2.24, 2.45) is 11.8 Å². The van der Waals surface area contributed by atoms with Gasteiger partial charge in [0.15, 0.2) is 5.78 Å². The van der Waals surface area contributed by atoms with E-state index in [9.17, 15) is 19.5 Å². The molecule has 5 atom stereocenters. The summed E-state index contributed by atoms with van der Waals surface area (Å²) in [6, 6.07) is -1.55. The maximum absolute atomic E-state index is 12.3. The molecule has 0 saturated carbocycles. The van der Waals surface area contributed by atoms with E-state index in [0.29, 0.717) is 13.0 Å². The maximum Gasteiger partial charge on any atom is 0.326 e. The van der Waals surface area contributed by atoms with E-state index in [1.54, 1.807) is 13.8 Å². The molecule has 1 unspecified atom stereocenters. The van der Waals surface area contributed by atoms with Crippen molar-refractivity contribution in [2.75, 3.05) is 6.54 Å². The molecule has 0 bridgehead atoms. The zero-order valence-corrected chi connectivity index (χ0v) is 11.9. The zero-order valence-electron chi connectivity index (χ0n) is 11.9. The van der Waals surface area contributed by atoms with Gasteiger partial charge in [0.2, 0.25) is 5.91 Å². The number of Topliss-reactive ketones (excluding diaryl/α,β-unsaturated/α-hetero) is 1. The van der Waals surface area contributed by atoms with Crippen LogP contribution in [-0.4, -0.2) is 52.6 Å². The van der Waals surface area contributed by atoms with Crippen LogP contribution in [0.5, 0.6) is 0 Å². The van der Waals surface area contributed by atoms with E-state index in [2.05, 4.69) is 10.6 Å². The molecule has 1 aliphatic rings. The molecule has 1 aliphatic heterocycles. The van der Waals surface area contributed by atoms with Crippen LogP contribution in [0.25, 0.3) is 0 Å². The molecule has 1 amide bonds. The number of aliphatic hydroxyl groups excluding tert-OH is 1. The fourth-order valence-corrected chi connectivity index (χ4v) is 2.44. The van der Waals surface area contributed by atoms with E-state index in [-0.39, 0.29) is 5.78 Å². The van der Waals surface area contributed by atoms with Crippen LogP contribution in [0.4, 0.5) is 0 Å². The minimum absolute atomic E-state index is 0.134. The van der Waals surface area contributed by atoms with E-state index in [1.165, 1.54) is 6.92 Å². The molecule has 1 rings (SSSR count). The Morgan fingerprint density at radius 3 is 2.30 bits per heavy atom. The first-order valence-electron chi connectivity index (χ1n) is 6.69. The third-order valence-electron chi connectivity index (χ3n) is 3.84. The fourth-order valence-electron chi connectivity index (χ4n) is 2.44. The third-order valence-corrected chi connectivity index (χ3v) is 3.84. The highest BCUT2D eigenvalue weighted by Gasteiger charge is 2.37. The van der Waals surface area contributed by atoms with Crippen LogP contribution in [0.2, 0.25) is 0 Å². The summed E-state index contributed by atoms with van der Waals surface area (Å²) in [5, 5.41) is 23.8. The molecule has 114 valence electrons. The topological polar surface area (TPSA) is 116 Å². The lowest BCUT2D eigenvalue weighted by molar-refractivity contribution is -0.144. The number of hydrogen-bond donors (Lipinski definition) is 4. The standard InChI is InChI=1S/C13H22N2O5/c1-6(11(13(19)20)15-8(3)16)7(2)12(18)10-4-9(17)5-14-10/h6-7,9-11,14,17H,4-5H2,1-3H3,(H,15,16)(H,19,20)/t6-,7?,9+,10-,11-/m0/s1. The predicted octanol–water partition coefficient (Wildman–Crippen LogP) is -0.860. The van der Waals surface area contributed by atoms with Crippen LogP contribution in [-0.2, 0) is 14.4 Å². The normalized spacial score (nSPS) is 26.6. The van der Waals surface area contributed by atoms with Crippen molar-refractivity contribution >= 4 is 17.7 Å². The number of nitrogens with one attached hydrogen (secondary N) is 2. The van der Waals surface area contributed by atoms with Gasteiger partial charge in [-0.25, -0.2) is 4.79 Å². The Morgan fingerprint density at radius 2 is 1.90 bits per heavy atom. The van der Waals surface area contributed by atoms with Crippen molar-refractivity contribution in [3.63, 3.8) is 0 Å². The highest BCUT2D eigenvalue weighted by Crippen LogP contribution is 2.21. The molecule has 7 nitrogen and oxygen atoms in total. The van der Waals surface area contributed by atoms with Crippen molar-refractivity contribution in [1.82, 2.24) is 10.6 Å². The summed E-state index contributed by atoms with van der Waals surface area (Å²) in [7, 11) is 0. The summed E-state index contributed by atoms with van der Waals surface area (Å²) in [6.45, 7) is 4.88. The second-order valence-electron chi connectivity index (χ2n) is 5.42. The first-order chi connectivity index (χ1) is 9.23. The van der Waals surface area contributed by atoms with Gasteiger partial charge in [-0.3, -0.25) is 9.59 Å². The number of carbonyl (C=O) groups excluding carboxylic acids is 2. The number of aliphatic hydroxyl groups is 1. The number of β-amino-alcohol motifs (C(OH)–C–C–N with tert-alkyl or cyclic N) is 1. The van der Waals surface area contributed by atoms with Gasteiger partial charge in [0.25, 0.3) is 0 Å². The summed E-state index contributed by atoms with van der Waals surface area (Å²) in [4.78, 5) is 34.5. The fraction of sp³-hybridized carbons (Fsp3) is 0.769. The highest BCUT2D eigenvalue weighted by atomic mass is 16.4. The molecule has 0 aromatic rings. The lowest BCUT2D eigenvalue weighted by atomic mass is 9.83.